The molecule has 1 aromatic heterocycles. The van der Waals surface area contributed by atoms with Crippen LogP contribution in [0.2, 0.25) is 0 Å². The van der Waals surface area contributed by atoms with Gasteiger partial charge in [0, 0.05) is 48.5 Å². The number of benzene rings is 1. The highest BCUT2D eigenvalue weighted by Gasteiger charge is 2.19. The minimum atomic E-state index is 0.264. The first-order chi connectivity index (χ1) is 12.7. The maximum absolute atomic E-state index is 12.6. The molecule has 1 aromatic carbocycles. The van der Waals surface area contributed by atoms with Gasteiger partial charge in [-0.2, -0.15) is 0 Å². The van der Waals surface area contributed by atoms with Gasteiger partial charge in [0.2, 0.25) is 5.91 Å². The van der Waals surface area contributed by atoms with Crippen LogP contribution < -0.4 is 4.74 Å². The number of carbonyl (C=O) groups excluding carboxylic acids is 1. The van der Waals surface area contributed by atoms with Crippen LogP contribution in [0.15, 0.2) is 40.2 Å². The number of amides is 1. The van der Waals surface area contributed by atoms with Gasteiger partial charge in [-0.1, -0.05) is 12.1 Å². The number of ether oxygens (including phenoxy) is 1. The molecule has 2 aromatic rings. The SMILES string of the molecule is COc1ccc(CCC(=O)N2CCCN(Cc3sccc3Br)CC2)cc1. The monoisotopic (exact) mass is 436 g/mol. The summed E-state index contributed by atoms with van der Waals surface area (Å²) >= 11 is 5.40. The van der Waals surface area contributed by atoms with Crippen LogP contribution in [0.4, 0.5) is 0 Å². The van der Waals surface area contributed by atoms with Gasteiger partial charge in [-0.05, 0) is 57.9 Å². The lowest BCUT2D eigenvalue weighted by molar-refractivity contribution is -0.131. The maximum atomic E-state index is 12.6. The van der Waals surface area contributed by atoms with Crippen LogP contribution in [-0.2, 0) is 17.8 Å². The number of nitrogens with zero attached hydrogens (tertiary/aromatic N) is 2. The topological polar surface area (TPSA) is 32.8 Å². The molecule has 1 amide bonds. The number of halogens is 1. The molecule has 0 N–H and O–H groups in total. The third kappa shape index (κ3) is 5.32. The van der Waals surface area contributed by atoms with E-state index in [0.29, 0.717) is 6.42 Å². The summed E-state index contributed by atoms with van der Waals surface area (Å²) in [4.78, 5) is 18.5. The van der Waals surface area contributed by atoms with Crippen LogP contribution in [0.5, 0.6) is 5.75 Å². The van der Waals surface area contributed by atoms with E-state index in [1.165, 1.54) is 14.9 Å². The van der Waals surface area contributed by atoms with E-state index in [1.807, 2.05) is 29.2 Å². The van der Waals surface area contributed by atoms with Gasteiger partial charge >= 0.3 is 0 Å². The highest BCUT2D eigenvalue weighted by Crippen LogP contribution is 2.24. The molecule has 1 fully saturated rings. The number of aryl methyl sites for hydroxylation is 1. The van der Waals surface area contributed by atoms with Crippen LogP contribution in [0, 0.1) is 0 Å². The van der Waals surface area contributed by atoms with E-state index >= 15 is 0 Å². The molecule has 0 unspecified atom stereocenters. The molecular formula is C20H25BrN2O2S. The summed E-state index contributed by atoms with van der Waals surface area (Å²) in [5.41, 5.74) is 1.18. The van der Waals surface area contributed by atoms with Crippen LogP contribution in [-0.4, -0.2) is 49.0 Å². The minimum Gasteiger partial charge on any atom is -0.497 e. The second kappa shape index (κ2) is 9.53. The molecule has 1 saturated heterocycles. The van der Waals surface area contributed by atoms with Crippen molar-refractivity contribution < 1.29 is 9.53 Å². The molecule has 0 bridgehead atoms. The molecular weight excluding hydrogens is 412 g/mol. The van der Waals surface area contributed by atoms with Gasteiger partial charge < -0.3 is 9.64 Å². The van der Waals surface area contributed by atoms with E-state index in [-0.39, 0.29) is 5.91 Å². The molecule has 1 aliphatic heterocycles. The summed E-state index contributed by atoms with van der Waals surface area (Å²) in [6.07, 6.45) is 2.39. The van der Waals surface area contributed by atoms with E-state index in [4.69, 9.17) is 4.74 Å². The lowest BCUT2D eigenvalue weighted by atomic mass is 10.1. The Hall–Kier alpha value is -1.37. The number of hydrogen-bond donors (Lipinski definition) is 0. The molecule has 4 nitrogen and oxygen atoms in total. The molecule has 26 heavy (non-hydrogen) atoms. The van der Waals surface area contributed by atoms with Gasteiger partial charge in [-0.15, -0.1) is 11.3 Å². The highest BCUT2D eigenvalue weighted by molar-refractivity contribution is 9.10. The number of rotatable bonds is 6. The second-order valence-electron chi connectivity index (χ2n) is 6.55. The largest absolute Gasteiger partial charge is 0.497 e. The lowest BCUT2D eigenvalue weighted by Crippen LogP contribution is -2.35. The summed E-state index contributed by atoms with van der Waals surface area (Å²) in [7, 11) is 1.66. The Morgan fingerprint density at radius 2 is 1.96 bits per heavy atom. The fourth-order valence-corrected chi connectivity index (χ4v) is 4.74. The van der Waals surface area contributed by atoms with Gasteiger partial charge in [0.25, 0.3) is 0 Å². The maximum Gasteiger partial charge on any atom is 0.222 e. The zero-order valence-corrected chi connectivity index (χ0v) is 17.5. The Morgan fingerprint density at radius 3 is 2.65 bits per heavy atom. The molecule has 1 aliphatic rings. The van der Waals surface area contributed by atoms with Crippen molar-refractivity contribution in [2.24, 2.45) is 0 Å². The number of hydrogen-bond acceptors (Lipinski definition) is 4. The summed E-state index contributed by atoms with van der Waals surface area (Å²) < 4.78 is 6.37. The second-order valence-corrected chi connectivity index (χ2v) is 8.41. The molecule has 0 atom stereocenters. The van der Waals surface area contributed by atoms with Crippen molar-refractivity contribution in [2.75, 3.05) is 33.3 Å². The number of thiophene rings is 1. The molecule has 2 heterocycles. The van der Waals surface area contributed by atoms with Crippen molar-refractivity contribution in [3.63, 3.8) is 0 Å². The van der Waals surface area contributed by atoms with Crippen molar-refractivity contribution >= 4 is 33.2 Å². The Bertz CT molecular complexity index is 717. The van der Waals surface area contributed by atoms with E-state index in [9.17, 15) is 4.79 Å². The number of carbonyl (C=O) groups is 1. The highest BCUT2D eigenvalue weighted by atomic mass is 79.9. The first-order valence-corrected chi connectivity index (χ1v) is 10.7. The molecule has 0 saturated carbocycles. The van der Waals surface area contributed by atoms with Gasteiger partial charge in [0.05, 0.1) is 7.11 Å². The summed E-state index contributed by atoms with van der Waals surface area (Å²) in [6.45, 7) is 4.64. The van der Waals surface area contributed by atoms with Gasteiger partial charge in [-0.3, -0.25) is 9.69 Å². The third-order valence-corrected chi connectivity index (χ3v) is 6.70. The van der Waals surface area contributed by atoms with Crippen molar-refractivity contribution in [1.82, 2.24) is 9.80 Å². The molecule has 0 radical (unpaired) electrons. The smallest absolute Gasteiger partial charge is 0.222 e. The molecule has 6 heteroatoms. The third-order valence-electron chi connectivity index (χ3n) is 4.79. The lowest BCUT2D eigenvalue weighted by Gasteiger charge is -2.22. The van der Waals surface area contributed by atoms with E-state index in [2.05, 4.69) is 32.3 Å². The first kappa shape index (κ1) is 19.4. The normalized spacial score (nSPS) is 15.7. The quantitative estimate of drug-likeness (QED) is 0.680. The molecule has 0 spiro atoms. The van der Waals surface area contributed by atoms with E-state index in [1.54, 1.807) is 18.4 Å². The number of methoxy groups -OCH3 is 1. The van der Waals surface area contributed by atoms with Crippen LogP contribution >= 0.6 is 27.3 Å². The average molecular weight is 437 g/mol. The summed E-state index contributed by atoms with van der Waals surface area (Å²) in [5.74, 6) is 1.12. The average Bonchev–Trinajstić information content (AvgIpc) is 2.92. The molecule has 3 rings (SSSR count). The minimum absolute atomic E-state index is 0.264. The van der Waals surface area contributed by atoms with Crippen LogP contribution in [0.25, 0.3) is 0 Å². The van der Waals surface area contributed by atoms with E-state index < -0.39 is 0 Å². The zero-order chi connectivity index (χ0) is 18.4. The van der Waals surface area contributed by atoms with Crippen molar-refractivity contribution in [3.05, 3.63) is 50.6 Å². The van der Waals surface area contributed by atoms with Gasteiger partial charge in [-0.25, -0.2) is 0 Å². The van der Waals surface area contributed by atoms with Crippen molar-refractivity contribution in [2.45, 2.75) is 25.8 Å². The summed E-state index contributed by atoms with van der Waals surface area (Å²) in [5, 5.41) is 2.12. The fraction of sp³-hybridized carbons (Fsp3) is 0.450. The Morgan fingerprint density at radius 1 is 1.15 bits per heavy atom. The van der Waals surface area contributed by atoms with Crippen molar-refractivity contribution in [3.8, 4) is 5.75 Å². The Balaban J connectivity index is 1.46. The van der Waals surface area contributed by atoms with Crippen LogP contribution in [0.1, 0.15) is 23.3 Å². The summed E-state index contributed by atoms with van der Waals surface area (Å²) in [6, 6.07) is 10.1. The van der Waals surface area contributed by atoms with Gasteiger partial charge in [0.15, 0.2) is 0 Å². The van der Waals surface area contributed by atoms with Crippen LogP contribution in [0.3, 0.4) is 0 Å². The van der Waals surface area contributed by atoms with Gasteiger partial charge in [0.1, 0.15) is 5.75 Å². The first-order valence-electron chi connectivity index (χ1n) is 9.00. The molecule has 140 valence electrons. The molecule has 0 aliphatic carbocycles. The standard InChI is InChI=1S/C20H25BrN2O2S/c1-25-17-6-3-16(4-7-17)5-8-20(24)23-11-2-10-22(12-13-23)15-19-18(21)9-14-26-19/h3-4,6-7,9,14H,2,5,8,10-13,15H2,1H3. The van der Waals surface area contributed by atoms with E-state index in [0.717, 1.165) is 51.3 Å². The predicted molar refractivity (Wildman–Crippen MR) is 110 cm³/mol. The Labute approximate surface area is 167 Å². The fourth-order valence-electron chi connectivity index (χ4n) is 3.22. The Kier molecular flexibility index (Phi) is 7.11. The zero-order valence-electron chi connectivity index (χ0n) is 15.1. The predicted octanol–water partition coefficient (Wildman–Crippen LogP) is 4.19. The van der Waals surface area contributed by atoms with Crippen molar-refractivity contribution in [1.29, 1.82) is 0 Å².